The number of aryl methyl sites for hydroxylation is 1. The molecule has 2 N–H and O–H groups in total. The molecule has 0 spiro atoms. The van der Waals surface area contributed by atoms with Crippen LogP contribution in [-0.4, -0.2) is 31.7 Å². The van der Waals surface area contributed by atoms with Crippen LogP contribution in [0.3, 0.4) is 0 Å². The number of methoxy groups -OCH3 is 2. The molecule has 0 aliphatic carbocycles. The Morgan fingerprint density at radius 2 is 1.43 bits per heavy atom. The lowest BCUT2D eigenvalue weighted by Gasteiger charge is -2.18. The number of ether oxygens (including phenoxy) is 4. The highest BCUT2D eigenvalue weighted by molar-refractivity contribution is 5.79. The first kappa shape index (κ1) is 25.8. The number of aliphatic hydroxyl groups excluding tert-OH is 1. The van der Waals surface area contributed by atoms with Crippen LogP contribution >= 0.6 is 0 Å². The van der Waals surface area contributed by atoms with Crippen LogP contribution in [-0.2, 0) is 37.5 Å². The summed E-state index contributed by atoms with van der Waals surface area (Å²) in [7, 11) is 3.00. The van der Waals surface area contributed by atoms with Crippen molar-refractivity contribution in [2.24, 2.45) is 0 Å². The molecular weight excluding hydrogens is 506 g/mol. The minimum atomic E-state index is -2.10. The smallest absolute Gasteiger partial charge is 0.224 e. The van der Waals surface area contributed by atoms with Crippen LogP contribution in [0.25, 0.3) is 0 Å². The van der Waals surface area contributed by atoms with Crippen molar-refractivity contribution in [3.63, 3.8) is 0 Å². The summed E-state index contributed by atoms with van der Waals surface area (Å²) in [6, 6.07) is 27.9. The van der Waals surface area contributed by atoms with Crippen LogP contribution in [0.2, 0.25) is 0 Å². The number of carbonyl (C=O) groups excluding carboxylic acids is 1. The monoisotopic (exact) mass is 543 g/mol. The number of hydrogen-bond donors (Lipinski definition) is 2. The third-order valence-corrected chi connectivity index (χ3v) is 6.28. The number of carbonyl (C=O) groups is 1. The quantitative estimate of drug-likeness (QED) is 0.226. The fourth-order valence-electron chi connectivity index (χ4n) is 4.27. The standard InChI is InChI=1S/C33H35NO6/c1-37-29-17-16-27(28(21-35)33(29)40-23-25-12-7-4-8-13-25)20-31(36)34-19-18-26-14-9-15-30(32(26)38-2)39-22-24-10-5-3-6-11-24/h3-17,35H,18-23H2,1-2H3,(H,34,36)/i19D2. The van der Waals surface area contributed by atoms with Gasteiger partial charge in [-0.2, -0.15) is 0 Å². The van der Waals surface area contributed by atoms with Gasteiger partial charge in [-0.1, -0.05) is 78.9 Å². The molecular formula is C33H35NO6. The van der Waals surface area contributed by atoms with E-state index < -0.39 is 12.4 Å². The molecule has 208 valence electrons. The summed E-state index contributed by atoms with van der Waals surface area (Å²) in [5.74, 6) is 1.11. The maximum absolute atomic E-state index is 13.1. The molecule has 0 atom stereocenters. The van der Waals surface area contributed by atoms with Crippen molar-refractivity contribution in [1.29, 1.82) is 0 Å². The normalized spacial score (nSPS) is 11.7. The van der Waals surface area contributed by atoms with Gasteiger partial charge < -0.3 is 29.4 Å². The summed E-state index contributed by atoms with van der Waals surface area (Å²) in [6.45, 7) is -1.90. The first-order valence-electron chi connectivity index (χ1n) is 13.9. The van der Waals surface area contributed by atoms with Gasteiger partial charge in [0.25, 0.3) is 0 Å². The fraction of sp³-hybridized carbons (Fsp3) is 0.242. The van der Waals surface area contributed by atoms with Crippen molar-refractivity contribution in [3.05, 3.63) is 119 Å². The topological polar surface area (TPSA) is 86.3 Å². The van der Waals surface area contributed by atoms with Gasteiger partial charge >= 0.3 is 0 Å². The molecule has 1 amide bonds. The van der Waals surface area contributed by atoms with E-state index in [0.29, 0.717) is 46.3 Å². The van der Waals surface area contributed by atoms with Crippen molar-refractivity contribution >= 4 is 5.91 Å². The van der Waals surface area contributed by atoms with E-state index in [-0.39, 0.29) is 26.1 Å². The van der Waals surface area contributed by atoms with E-state index in [1.165, 1.54) is 14.2 Å². The Morgan fingerprint density at radius 3 is 2.05 bits per heavy atom. The molecule has 40 heavy (non-hydrogen) atoms. The molecule has 0 aromatic heterocycles. The van der Waals surface area contributed by atoms with Crippen LogP contribution in [0.5, 0.6) is 23.0 Å². The zero-order valence-corrected chi connectivity index (χ0v) is 22.7. The minimum Gasteiger partial charge on any atom is -0.493 e. The Labute approximate surface area is 238 Å². The molecule has 0 fully saturated rings. The van der Waals surface area contributed by atoms with Crippen LogP contribution in [0.1, 0.15) is 30.6 Å². The number of nitrogens with one attached hydrogen (secondary N) is 1. The second kappa shape index (κ2) is 14.6. The summed E-state index contributed by atoms with van der Waals surface area (Å²) in [5, 5.41) is 12.7. The van der Waals surface area contributed by atoms with Gasteiger partial charge in [0.05, 0.1) is 27.2 Å². The summed E-state index contributed by atoms with van der Waals surface area (Å²) in [5.41, 5.74) is 3.38. The molecule has 0 aliphatic heterocycles. The van der Waals surface area contributed by atoms with E-state index in [4.69, 9.17) is 21.7 Å². The molecule has 0 saturated carbocycles. The van der Waals surface area contributed by atoms with Crippen molar-refractivity contribution in [2.45, 2.75) is 32.7 Å². The molecule has 0 unspecified atom stereocenters. The molecule has 0 aliphatic rings. The molecule has 0 bridgehead atoms. The highest BCUT2D eigenvalue weighted by atomic mass is 16.5. The maximum atomic E-state index is 13.1. The van der Waals surface area contributed by atoms with E-state index in [9.17, 15) is 9.90 Å². The molecule has 4 rings (SSSR count). The number of para-hydroxylation sites is 1. The van der Waals surface area contributed by atoms with Gasteiger partial charge in [0.2, 0.25) is 5.91 Å². The van der Waals surface area contributed by atoms with Gasteiger partial charge in [0.15, 0.2) is 23.0 Å². The highest BCUT2D eigenvalue weighted by Crippen LogP contribution is 2.35. The Morgan fingerprint density at radius 1 is 0.750 bits per heavy atom. The Bertz CT molecular complexity index is 1460. The van der Waals surface area contributed by atoms with E-state index in [1.54, 1.807) is 30.3 Å². The van der Waals surface area contributed by atoms with Crippen molar-refractivity contribution < 1.29 is 31.6 Å². The fourth-order valence-corrected chi connectivity index (χ4v) is 4.27. The van der Waals surface area contributed by atoms with Gasteiger partial charge in [-0.25, -0.2) is 0 Å². The number of amides is 1. The van der Waals surface area contributed by atoms with Crippen LogP contribution in [0, 0.1) is 0 Å². The Balaban J connectivity index is 1.45. The molecule has 0 saturated heterocycles. The maximum Gasteiger partial charge on any atom is 0.224 e. The van der Waals surface area contributed by atoms with E-state index in [1.807, 2.05) is 60.7 Å². The van der Waals surface area contributed by atoms with Crippen molar-refractivity contribution in [1.82, 2.24) is 5.32 Å². The number of rotatable bonds is 14. The number of aliphatic hydroxyl groups is 1. The second-order valence-electron chi connectivity index (χ2n) is 8.97. The van der Waals surface area contributed by atoms with Crippen LogP contribution < -0.4 is 24.3 Å². The zero-order valence-electron chi connectivity index (χ0n) is 24.7. The molecule has 4 aromatic rings. The highest BCUT2D eigenvalue weighted by Gasteiger charge is 2.18. The predicted octanol–water partition coefficient (Wildman–Crippen LogP) is 5.26. The Kier molecular flexibility index (Phi) is 9.41. The SMILES string of the molecule is [2H]C([2H])(Cc1cccc(OCc2ccccc2)c1OC)NC(=O)Cc1ccc(OC)c(OCc2ccccc2)c1CO. The lowest BCUT2D eigenvalue weighted by atomic mass is 10.0. The van der Waals surface area contributed by atoms with E-state index in [0.717, 1.165) is 11.1 Å². The van der Waals surface area contributed by atoms with Crippen LogP contribution in [0.15, 0.2) is 91.0 Å². The van der Waals surface area contributed by atoms with Gasteiger partial charge in [-0.15, -0.1) is 0 Å². The van der Waals surface area contributed by atoms with Crippen LogP contribution in [0.4, 0.5) is 0 Å². The average molecular weight is 544 g/mol. The molecule has 7 heteroatoms. The Hall–Kier alpha value is -4.49. The zero-order chi connectivity index (χ0) is 30.0. The minimum absolute atomic E-state index is 0.147. The molecule has 0 heterocycles. The predicted molar refractivity (Wildman–Crippen MR) is 154 cm³/mol. The lowest BCUT2D eigenvalue weighted by molar-refractivity contribution is -0.120. The number of benzene rings is 4. The summed E-state index contributed by atoms with van der Waals surface area (Å²) in [6.07, 6.45) is -0.316. The van der Waals surface area contributed by atoms with Gasteiger partial charge in [0.1, 0.15) is 13.2 Å². The van der Waals surface area contributed by atoms with Gasteiger partial charge in [0, 0.05) is 14.8 Å². The van der Waals surface area contributed by atoms with Gasteiger partial charge in [-0.05, 0) is 40.8 Å². The average Bonchev–Trinajstić information content (AvgIpc) is 2.99. The second-order valence-corrected chi connectivity index (χ2v) is 8.97. The third-order valence-electron chi connectivity index (χ3n) is 6.28. The number of hydrogen-bond acceptors (Lipinski definition) is 6. The lowest BCUT2D eigenvalue weighted by Crippen LogP contribution is -2.27. The molecule has 0 radical (unpaired) electrons. The van der Waals surface area contributed by atoms with E-state index >= 15 is 0 Å². The van der Waals surface area contributed by atoms with E-state index in [2.05, 4.69) is 5.32 Å². The largest absolute Gasteiger partial charge is 0.493 e. The molecule has 4 aromatic carbocycles. The molecule has 7 nitrogen and oxygen atoms in total. The first-order valence-corrected chi connectivity index (χ1v) is 12.9. The third kappa shape index (κ3) is 7.55. The van der Waals surface area contributed by atoms with Crippen molar-refractivity contribution in [3.8, 4) is 23.0 Å². The van der Waals surface area contributed by atoms with Crippen molar-refractivity contribution in [2.75, 3.05) is 20.7 Å². The van der Waals surface area contributed by atoms with Gasteiger partial charge in [-0.3, -0.25) is 4.79 Å². The summed E-state index contributed by atoms with van der Waals surface area (Å²) >= 11 is 0. The summed E-state index contributed by atoms with van der Waals surface area (Å²) < 4.78 is 40.1. The first-order chi connectivity index (χ1) is 20.3. The summed E-state index contributed by atoms with van der Waals surface area (Å²) in [4.78, 5) is 13.1.